The predicted molar refractivity (Wildman–Crippen MR) is 161 cm³/mol. The highest BCUT2D eigenvalue weighted by Gasteiger charge is 2.39. The van der Waals surface area contributed by atoms with Crippen LogP contribution in [0.25, 0.3) is 16.8 Å². The summed E-state index contributed by atoms with van der Waals surface area (Å²) in [5.41, 5.74) is 8.07. The van der Waals surface area contributed by atoms with Gasteiger partial charge in [0.25, 0.3) is 0 Å². The minimum absolute atomic E-state index is 0.0234. The molecule has 2 heterocycles. The second-order valence-corrected chi connectivity index (χ2v) is 9.60. The number of aryl methyl sites for hydroxylation is 2. The Morgan fingerprint density at radius 3 is 2.18 bits per heavy atom. The maximum Gasteiger partial charge on any atom is 0.179 e. The normalized spacial score (nSPS) is 15.0. The number of hydrogen-bond acceptors (Lipinski definition) is 4. The van der Waals surface area contributed by atoms with Crippen molar-refractivity contribution in [2.45, 2.75) is 40.3 Å². The van der Waals surface area contributed by atoms with Crippen LogP contribution in [0.3, 0.4) is 0 Å². The molecule has 1 atom stereocenters. The number of anilines is 4. The molecule has 4 nitrogen and oxygen atoms in total. The molecule has 4 heteroatoms. The second kappa shape index (κ2) is 10.9. The van der Waals surface area contributed by atoms with Crippen molar-refractivity contribution >= 4 is 28.6 Å². The van der Waals surface area contributed by atoms with Crippen molar-refractivity contribution < 1.29 is 0 Å². The van der Waals surface area contributed by atoms with Gasteiger partial charge >= 0.3 is 0 Å². The molecule has 38 heavy (non-hydrogen) atoms. The molecule has 0 fully saturated rings. The van der Waals surface area contributed by atoms with Crippen molar-refractivity contribution in [3.63, 3.8) is 0 Å². The van der Waals surface area contributed by atoms with Gasteiger partial charge in [0.15, 0.2) is 11.6 Å². The van der Waals surface area contributed by atoms with Gasteiger partial charge in [0.1, 0.15) is 6.17 Å². The van der Waals surface area contributed by atoms with E-state index < -0.39 is 0 Å². The lowest BCUT2D eigenvalue weighted by molar-refractivity contribution is 0.752. The Morgan fingerprint density at radius 1 is 0.816 bits per heavy atom. The highest BCUT2D eigenvalue weighted by atomic mass is 15.5. The van der Waals surface area contributed by atoms with Crippen molar-refractivity contribution in [3.05, 3.63) is 127 Å². The van der Waals surface area contributed by atoms with Crippen molar-refractivity contribution in [2.24, 2.45) is 0 Å². The first kappa shape index (κ1) is 25.2. The quantitative estimate of drug-likeness (QED) is 0.238. The molecular weight excluding hydrogens is 464 g/mol. The molecule has 0 bridgehead atoms. The van der Waals surface area contributed by atoms with Gasteiger partial charge in [-0.2, -0.15) is 0 Å². The molecule has 0 saturated carbocycles. The summed E-state index contributed by atoms with van der Waals surface area (Å²) >= 11 is 0. The zero-order valence-corrected chi connectivity index (χ0v) is 22.6. The summed E-state index contributed by atoms with van der Waals surface area (Å²) in [6.45, 7) is 13.0. The number of allylic oxidation sites excluding steroid dienone is 5. The molecule has 1 aliphatic rings. The second-order valence-electron chi connectivity index (χ2n) is 9.60. The molecule has 0 saturated heterocycles. The average Bonchev–Trinajstić information content (AvgIpc) is 3.22. The largest absolute Gasteiger partial charge is 0.302 e. The Morgan fingerprint density at radius 2 is 1.47 bits per heavy atom. The Bertz CT molecular complexity index is 1520. The summed E-state index contributed by atoms with van der Waals surface area (Å²) in [5, 5.41) is 0. The van der Waals surface area contributed by atoms with Gasteiger partial charge in [-0.25, -0.2) is 9.97 Å². The summed E-state index contributed by atoms with van der Waals surface area (Å²) in [4.78, 5) is 15.3. The van der Waals surface area contributed by atoms with Gasteiger partial charge in [-0.3, -0.25) is 0 Å². The van der Waals surface area contributed by atoms with Gasteiger partial charge in [0.05, 0.1) is 11.4 Å². The fourth-order valence-electron chi connectivity index (χ4n) is 5.00. The van der Waals surface area contributed by atoms with Crippen molar-refractivity contribution in [3.8, 4) is 11.3 Å². The van der Waals surface area contributed by atoms with Crippen LogP contribution >= 0.6 is 0 Å². The lowest BCUT2D eigenvalue weighted by Gasteiger charge is -2.30. The maximum atomic E-state index is 5.37. The molecule has 1 aliphatic heterocycles. The fraction of sp³-hybridized carbons (Fsp3) is 0.176. The third-order valence-electron chi connectivity index (χ3n) is 6.96. The maximum absolute atomic E-state index is 5.37. The van der Waals surface area contributed by atoms with E-state index in [1.54, 1.807) is 0 Å². The van der Waals surface area contributed by atoms with Crippen LogP contribution in [0.4, 0.5) is 23.0 Å². The van der Waals surface area contributed by atoms with E-state index in [4.69, 9.17) is 9.97 Å². The molecule has 1 unspecified atom stereocenters. The van der Waals surface area contributed by atoms with Crippen LogP contribution in [0.15, 0.2) is 110 Å². The molecule has 4 aromatic rings. The van der Waals surface area contributed by atoms with Crippen LogP contribution in [0, 0.1) is 13.8 Å². The standard InChI is InChI=1S/C34H34N4/c1-6-7-8-10-19-26(4)31-32(29-22-15-13-17-24(29)2)36-33-34(35-31)38(30-23-16-14-18-25(30)3)27(5)37(33)28-20-11-9-12-21-28/h7-23,27H,4,6H2,1-3,5H3/b8-7-,19-10-. The third kappa shape index (κ3) is 4.66. The summed E-state index contributed by atoms with van der Waals surface area (Å²) in [5.74, 6) is 1.68. The highest BCUT2D eigenvalue weighted by Crippen LogP contribution is 2.48. The molecular formula is C34H34N4. The molecule has 0 amide bonds. The van der Waals surface area contributed by atoms with Crippen LogP contribution < -0.4 is 9.80 Å². The first-order valence-corrected chi connectivity index (χ1v) is 13.2. The topological polar surface area (TPSA) is 32.3 Å². The first-order valence-electron chi connectivity index (χ1n) is 13.2. The van der Waals surface area contributed by atoms with E-state index in [0.717, 1.165) is 57.5 Å². The van der Waals surface area contributed by atoms with Crippen LogP contribution in [0.2, 0.25) is 0 Å². The van der Waals surface area contributed by atoms with E-state index >= 15 is 0 Å². The van der Waals surface area contributed by atoms with Crippen molar-refractivity contribution in [2.75, 3.05) is 9.80 Å². The lowest BCUT2D eigenvalue weighted by atomic mass is 10.0. The third-order valence-corrected chi connectivity index (χ3v) is 6.96. The van der Waals surface area contributed by atoms with Gasteiger partial charge in [-0.05, 0) is 62.1 Å². The first-order chi connectivity index (χ1) is 18.5. The zero-order valence-electron chi connectivity index (χ0n) is 22.6. The fourth-order valence-corrected chi connectivity index (χ4v) is 5.00. The van der Waals surface area contributed by atoms with E-state index in [-0.39, 0.29) is 6.17 Å². The SMILES string of the molecule is C=C(/C=C\C=C/CC)c1nc2c(nc1-c1ccccc1C)N(c1ccccc1)C(C)N2c1ccccc1C. The van der Waals surface area contributed by atoms with Crippen LogP contribution in [0.1, 0.15) is 37.1 Å². The smallest absolute Gasteiger partial charge is 0.179 e. The lowest BCUT2D eigenvalue weighted by Crippen LogP contribution is -2.35. The highest BCUT2D eigenvalue weighted by molar-refractivity contribution is 5.90. The minimum atomic E-state index is -0.0234. The molecule has 1 aromatic heterocycles. The number of para-hydroxylation sites is 2. The van der Waals surface area contributed by atoms with Crippen LogP contribution in [-0.2, 0) is 0 Å². The Hall–Kier alpha value is -4.44. The summed E-state index contributed by atoms with van der Waals surface area (Å²) in [7, 11) is 0. The Kier molecular flexibility index (Phi) is 7.23. The Balaban J connectivity index is 1.78. The molecule has 0 N–H and O–H groups in total. The van der Waals surface area contributed by atoms with E-state index in [2.05, 4.69) is 129 Å². The monoisotopic (exact) mass is 498 g/mol. The van der Waals surface area contributed by atoms with Gasteiger partial charge < -0.3 is 9.80 Å². The van der Waals surface area contributed by atoms with Gasteiger partial charge in [-0.1, -0.05) is 98.5 Å². The van der Waals surface area contributed by atoms with E-state index in [9.17, 15) is 0 Å². The molecule has 0 aliphatic carbocycles. The van der Waals surface area contributed by atoms with Crippen molar-refractivity contribution in [1.29, 1.82) is 0 Å². The van der Waals surface area contributed by atoms with Gasteiger partial charge in [0.2, 0.25) is 0 Å². The zero-order chi connectivity index (χ0) is 26.6. The molecule has 0 radical (unpaired) electrons. The number of fused-ring (bicyclic) bond motifs is 1. The number of hydrogen-bond donors (Lipinski definition) is 0. The summed E-state index contributed by atoms with van der Waals surface area (Å²) in [6.07, 6.45) is 9.20. The minimum Gasteiger partial charge on any atom is -0.302 e. The van der Waals surface area contributed by atoms with E-state index in [1.165, 1.54) is 5.56 Å². The molecule has 3 aromatic carbocycles. The van der Waals surface area contributed by atoms with Crippen molar-refractivity contribution in [1.82, 2.24) is 9.97 Å². The van der Waals surface area contributed by atoms with Gasteiger partial charge in [-0.15, -0.1) is 0 Å². The number of benzene rings is 3. The predicted octanol–water partition coefficient (Wildman–Crippen LogP) is 8.93. The average molecular weight is 499 g/mol. The Labute approximate surface area is 226 Å². The van der Waals surface area contributed by atoms with E-state index in [0.29, 0.717) is 0 Å². The van der Waals surface area contributed by atoms with Crippen LogP contribution in [0.5, 0.6) is 0 Å². The number of rotatable bonds is 7. The summed E-state index contributed by atoms with van der Waals surface area (Å²) < 4.78 is 0. The number of nitrogens with zero attached hydrogens (tertiary/aromatic N) is 4. The van der Waals surface area contributed by atoms with E-state index in [1.807, 2.05) is 18.2 Å². The molecule has 0 spiro atoms. The van der Waals surface area contributed by atoms with Crippen LogP contribution in [-0.4, -0.2) is 16.1 Å². The number of aromatic nitrogens is 2. The molecule has 5 rings (SSSR count). The van der Waals surface area contributed by atoms with Gasteiger partial charge in [0, 0.05) is 16.9 Å². The summed E-state index contributed by atoms with van der Waals surface area (Å²) in [6, 6.07) is 27.2. The molecule has 190 valence electrons.